The molecule has 0 saturated heterocycles. The summed E-state index contributed by atoms with van der Waals surface area (Å²) in [6, 6.07) is 40.5. The lowest BCUT2D eigenvalue weighted by molar-refractivity contribution is 0.667. The summed E-state index contributed by atoms with van der Waals surface area (Å²) in [5, 5.41) is 4.93. The van der Waals surface area contributed by atoms with Crippen LogP contribution >= 0.6 is 0 Å². The number of hydrogen-bond acceptors (Lipinski definition) is 2. The van der Waals surface area contributed by atoms with Crippen LogP contribution in [0.15, 0.2) is 109 Å². The minimum atomic E-state index is 0.763. The predicted octanol–water partition coefficient (Wildman–Crippen LogP) is 13.1. The van der Waals surface area contributed by atoms with Crippen molar-refractivity contribution in [1.82, 2.24) is 14.8 Å². The molecule has 3 heteroatoms. The number of unbranched alkanes of at least 4 members (excludes halogenated alkanes) is 6. The van der Waals surface area contributed by atoms with Gasteiger partial charge in [0, 0.05) is 5.56 Å². The molecule has 0 aliphatic carbocycles. The minimum Gasteiger partial charge on any atom is -0.212 e. The van der Waals surface area contributed by atoms with Gasteiger partial charge in [0.2, 0.25) is 0 Å². The molecule has 0 atom stereocenters. The monoisotopic (exact) mass is 659 g/mol. The number of hydrogen-bond donors (Lipinski definition) is 0. The fraction of sp³-hybridized carbons (Fsp3) is 0.319. The Hall–Kier alpha value is -4.76. The third-order valence-electron chi connectivity index (χ3n) is 9.95. The molecule has 0 N–H and O–H groups in total. The molecule has 5 aromatic carbocycles. The van der Waals surface area contributed by atoms with Crippen molar-refractivity contribution in [3.8, 4) is 50.5 Å². The van der Waals surface area contributed by atoms with Gasteiger partial charge in [-0.15, -0.1) is 0 Å². The Morgan fingerprint density at radius 3 is 1.44 bits per heavy atom. The third kappa shape index (κ3) is 8.51. The second-order valence-electron chi connectivity index (χ2n) is 14.0. The van der Waals surface area contributed by atoms with Gasteiger partial charge in [-0.2, -0.15) is 5.10 Å². The maximum absolute atomic E-state index is 4.96. The van der Waals surface area contributed by atoms with Gasteiger partial charge in [0.1, 0.15) is 5.82 Å². The fourth-order valence-electron chi connectivity index (χ4n) is 7.17. The smallest absolute Gasteiger partial charge is 0.163 e. The zero-order valence-electron chi connectivity index (χ0n) is 30.8. The van der Waals surface area contributed by atoms with E-state index in [0.29, 0.717) is 0 Å². The van der Waals surface area contributed by atoms with Crippen molar-refractivity contribution in [1.29, 1.82) is 0 Å². The van der Waals surface area contributed by atoms with Crippen LogP contribution in [0.3, 0.4) is 0 Å². The lowest BCUT2D eigenvalue weighted by Gasteiger charge is -2.15. The van der Waals surface area contributed by atoms with Crippen LogP contribution in [0.25, 0.3) is 50.5 Å². The first-order chi connectivity index (χ1) is 24.4. The number of aromatic nitrogens is 3. The molecule has 1 aromatic heterocycles. The molecule has 50 heavy (non-hydrogen) atoms. The highest BCUT2D eigenvalue weighted by Crippen LogP contribution is 2.33. The second kappa shape index (κ2) is 16.8. The molecule has 0 aliphatic heterocycles. The van der Waals surface area contributed by atoms with E-state index in [1.54, 1.807) is 0 Å². The van der Waals surface area contributed by atoms with Crippen LogP contribution in [-0.2, 0) is 12.8 Å². The number of rotatable bonds is 15. The van der Waals surface area contributed by atoms with Gasteiger partial charge in [-0.3, -0.25) is 0 Å². The van der Waals surface area contributed by atoms with E-state index in [1.807, 2.05) is 11.6 Å². The molecule has 0 fully saturated rings. The highest BCUT2D eigenvalue weighted by atomic mass is 15.4. The van der Waals surface area contributed by atoms with Gasteiger partial charge in [-0.05, 0) is 126 Å². The third-order valence-corrected chi connectivity index (χ3v) is 9.95. The molecular weight excluding hydrogens is 607 g/mol. The Morgan fingerprint density at radius 2 is 0.920 bits per heavy atom. The Morgan fingerprint density at radius 1 is 0.460 bits per heavy atom. The van der Waals surface area contributed by atoms with Crippen molar-refractivity contribution in [2.24, 2.45) is 0 Å². The molecule has 0 bridgehead atoms. The van der Waals surface area contributed by atoms with E-state index in [1.165, 1.54) is 107 Å². The summed E-state index contributed by atoms with van der Waals surface area (Å²) in [5.74, 6) is 1.63. The number of aryl methyl sites for hydroxylation is 5. The molecule has 6 rings (SSSR count). The summed E-state index contributed by atoms with van der Waals surface area (Å²) in [7, 11) is 0. The van der Waals surface area contributed by atoms with Crippen molar-refractivity contribution in [3.63, 3.8) is 0 Å². The highest BCUT2D eigenvalue weighted by Gasteiger charge is 2.17. The van der Waals surface area contributed by atoms with Crippen LogP contribution < -0.4 is 0 Å². The molecule has 0 saturated carbocycles. The van der Waals surface area contributed by atoms with Crippen molar-refractivity contribution < 1.29 is 0 Å². The van der Waals surface area contributed by atoms with E-state index >= 15 is 0 Å². The van der Waals surface area contributed by atoms with E-state index in [0.717, 1.165) is 35.7 Å². The van der Waals surface area contributed by atoms with Gasteiger partial charge in [0.25, 0.3) is 0 Å². The van der Waals surface area contributed by atoms with Crippen molar-refractivity contribution >= 4 is 0 Å². The second-order valence-corrected chi connectivity index (χ2v) is 14.0. The number of benzene rings is 5. The topological polar surface area (TPSA) is 30.7 Å². The lowest BCUT2D eigenvalue weighted by Crippen LogP contribution is -2.05. The van der Waals surface area contributed by atoms with Crippen LogP contribution in [-0.4, -0.2) is 14.8 Å². The average Bonchev–Trinajstić information content (AvgIpc) is 3.53. The zero-order valence-corrected chi connectivity index (χ0v) is 30.8. The molecule has 0 spiro atoms. The van der Waals surface area contributed by atoms with Gasteiger partial charge in [0.05, 0.1) is 5.69 Å². The standard InChI is InChI=1S/C47H53N3/c1-6-8-10-12-16-37-22-26-39(27-23-37)41-18-14-19-42(32-41)43-20-15-21-44(33-43)47-48-36(5)49-50(47)46-34(3)30-45(31-35(46)4)40-28-24-38(25-29-40)17-13-11-9-7-2/h14-15,18-33H,6-13,16-17H2,1-5H3. The summed E-state index contributed by atoms with van der Waals surface area (Å²) < 4.78 is 2.04. The maximum Gasteiger partial charge on any atom is 0.163 e. The van der Waals surface area contributed by atoms with Gasteiger partial charge in [-0.1, -0.05) is 137 Å². The summed E-state index contributed by atoms with van der Waals surface area (Å²) in [6.07, 6.45) is 12.7. The van der Waals surface area contributed by atoms with Gasteiger partial charge in [-0.25, -0.2) is 9.67 Å². The fourth-order valence-corrected chi connectivity index (χ4v) is 7.17. The van der Waals surface area contributed by atoms with E-state index in [2.05, 4.69) is 137 Å². The Balaban J connectivity index is 1.24. The summed E-state index contributed by atoms with van der Waals surface area (Å²) in [4.78, 5) is 4.96. The summed E-state index contributed by atoms with van der Waals surface area (Å²) in [5.41, 5.74) is 14.7. The van der Waals surface area contributed by atoms with E-state index < -0.39 is 0 Å². The Kier molecular flexibility index (Phi) is 11.8. The van der Waals surface area contributed by atoms with Crippen LogP contribution in [0, 0.1) is 20.8 Å². The van der Waals surface area contributed by atoms with Crippen LogP contribution in [0.1, 0.15) is 93.3 Å². The molecule has 0 amide bonds. The van der Waals surface area contributed by atoms with Crippen molar-refractivity contribution in [2.45, 2.75) is 98.8 Å². The average molecular weight is 660 g/mol. The van der Waals surface area contributed by atoms with Gasteiger partial charge >= 0.3 is 0 Å². The molecule has 3 nitrogen and oxygen atoms in total. The predicted molar refractivity (Wildman–Crippen MR) is 213 cm³/mol. The first-order valence-electron chi connectivity index (χ1n) is 18.9. The minimum absolute atomic E-state index is 0.763. The molecule has 6 aromatic rings. The Bertz CT molecular complexity index is 1970. The van der Waals surface area contributed by atoms with Crippen molar-refractivity contribution in [2.75, 3.05) is 0 Å². The highest BCUT2D eigenvalue weighted by molar-refractivity contribution is 5.76. The number of nitrogens with zero attached hydrogens (tertiary/aromatic N) is 3. The van der Waals surface area contributed by atoms with Crippen LogP contribution in [0.5, 0.6) is 0 Å². The lowest BCUT2D eigenvalue weighted by atomic mass is 9.96. The van der Waals surface area contributed by atoms with Crippen molar-refractivity contribution in [3.05, 3.63) is 137 Å². The van der Waals surface area contributed by atoms with E-state index in [-0.39, 0.29) is 0 Å². The summed E-state index contributed by atoms with van der Waals surface area (Å²) in [6.45, 7) is 10.9. The van der Waals surface area contributed by atoms with Crippen LogP contribution in [0.4, 0.5) is 0 Å². The molecule has 1 heterocycles. The summed E-state index contributed by atoms with van der Waals surface area (Å²) >= 11 is 0. The normalized spacial score (nSPS) is 11.3. The zero-order chi connectivity index (χ0) is 34.9. The van der Waals surface area contributed by atoms with E-state index in [4.69, 9.17) is 10.1 Å². The molecule has 256 valence electrons. The quantitative estimate of drug-likeness (QED) is 0.103. The largest absolute Gasteiger partial charge is 0.212 e. The first kappa shape index (κ1) is 35.1. The molecule has 0 unspecified atom stereocenters. The van der Waals surface area contributed by atoms with Gasteiger partial charge in [0.15, 0.2) is 5.82 Å². The Labute approximate surface area is 300 Å². The maximum atomic E-state index is 4.96. The van der Waals surface area contributed by atoms with E-state index in [9.17, 15) is 0 Å². The van der Waals surface area contributed by atoms with Crippen LogP contribution in [0.2, 0.25) is 0 Å². The molecular formula is C47H53N3. The molecule has 0 aliphatic rings. The van der Waals surface area contributed by atoms with Gasteiger partial charge < -0.3 is 0 Å². The molecule has 0 radical (unpaired) electrons. The SMILES string of the molecule is CCCCCCc1ccc(-c2cccc(-c3cccc(-c4nc(C)nn4-c4c(C)cc(-c5ccc(CCCCCC)cc5)cc4C)c3)c2)cc1. The first-order valence-corrected chi connectivity index (χ1v) is 18.9.